The van der Waals surface area contributed by atoms with Crippen LogP contribution in [0.4, 0.5) is 5.69 Å². The van der Waals surface area contributed by atoms with Gasteiger partial charge in [0.2, 0.25) is 5.91 Å². The number of rotatable bonds is 7. The summed E-state index contributed by atoms with van der Waals surface area (Å²) in [4.78, 5) is 24.4. The molecule has 0 bridgehead atoms. The molecule has 0 aliphatic carbocycles. The summed E-state index contributed by atoms with van der Waals surface area (Å²) in [5.41, 5.74) is 1.93. The summed E-state index contributed by atoms with van der Waals surface area (Å²) >= 11 is 0. The molecule has 0 aliphatic rings. The van der Waals surface area contributed by atoms with Gasteiger partial charge in [-0.05, 0) is 30.2 Å². The SMILES string of the molecule is COc1ccccc1CC(=O)Nc1cccc(C(=O)NCC(C)C)c1. The van der Waals surface area contributed by atoms with Crippen molar-refractivity contribution in [2.24, 2.45) is 5.92 Å². The van der Waals surface area contributed by atoms with E-state index in [2.05, 4.69) is 10.6 Å². The van der Waals surface area contributed by atoms with Gasteiger partial charge in [-0.15, -0.1) is 0 Å². The van der Waals surface area contributed by atoms with E-state index in [1.54, 1.807) is 31.4 Å². The molecule has 2 aromatic rings. The van der Waals surface area contributed by atoms with Crippen LogP contribution in [0.3, 0.4) is 0 Å². The lowest BCUT2D eigenvalue weighted by molar-refractivity contribution is -0.115. The Kier molecular flexibility index (Phi) is 6.57. The predicted molar refractivity (Wildman–Crippen MR) is 98.9 cm³/mol. The molecular formula is C20H24N2O3. The molecule has 2 aromatic carbocycles. The van der Waals surface area contributed by atoms with E-state index in [0.717, 1.165) is 5.56 Å². The summed E-state index contributed by atoms with van der Waals surface area (Å²) in [5, 5.41) is 5.69. The summed E-state index contributed by atoms with van der Waals surface area (Å²) in [5.74, 6) is 0.755. The van der Waals surface area contributed by atoms with Crippen molar-refractivity contribution in [3.8, 4) is 5.75 Å². The highest BCUT2D eigenvalue weighted by Crippen LogP contribution is 2.18. The van der Waals surface area contributed by atoms with Gasteiger partial charge in [0, 0.05) is 23.4 Å². The fourth-order valence-electron chi connectivity index (χ4n) is 2.36. The molecule has 0 radical (unpaired) electrons. The fraction of sp³-hybridized carbons (Fsp3) is 0.300. The maximum Gasteiger partial charge on any atom is 0.251 e. The monoisotopic (exact) mass is 340 g/mol. The van der Waals surface area contributed by atoms with Gasteiger partial charge in [0.1, 0.15) is 5.75 Å². The fourth-order valence-corrected chi connectivity index (χ4v) is 2.36. The lowest BCUT2D eigenvalue weighted by atomic mass is 10.1. The molecular weight excluding hydrogens is 316 g/mol. The average molecular weight is 340 g/mol. The molecule has 2 rings (SSSR count). The Morgan fingerprint density at radius 2 is 1.84 bits per heavy atom. The van der Waals surface area contributed by atoms with Crippen LogP contribution in [0.15, 0.2) is 48.5 Å². The molecule has 0 aliphatic heterocycles. The Morgan fingerprint density at radius 1 is 1.08 bits per heavy atom. The Labute approximate surface area is 148 Å². The second-order valence-electron chi connectivity index (χ2n) is 6.22. The summed E-state index contributed by atoms with van der Waals surface area (Å²) in [6.45, 7) is 4.69. The van der Waals surface area contributed by atoms with Gasteiger partial charge >= 0.3 is 0 Å². The third-order valence-electron chi connectivity index (χ3n) is 3.62. The van der Waals surface area contributed by atoms with Crippen molar-refractivity contribution in [3.63, 3.8) is 0 Å². The van der Waals surface area contributed by atoms with Crippen LogP contribution in [0, 0.1) is 5.92 Å². The number of ether oxygens (including phenoxy) is 1. The maximum atomic E-state index is 12.3. The topological polar surface area (TPSA) is 67.4 Å². The first-order chi connectivity index (χ1) is 12.0. The number of methoxy groups -OCH3 is 1. The lowest BCUT2D eigenvalue weighted by Gasteiger charge is -2.11. The minimum atomic E-state index is -0.163. The van der Waals surface area contributed by atoms with Crippen molar-refractivity contribution >= 4 is 17.5 Å². The number of para-hydroxylation sites is 1. The van der Waals surface area contributed by atoms with E-state index in [9.17, 15) is 9.59 Å². The van der Waals surface area contributed by atoms with E-state index in [1.807, 2.05) is 38.1 Å². The van der Waals surface area contributed by atoms with Crippen molar-refractivity contribution in [3.05, 3.63) is 59.7 Å². The van der Waals surface area contributed by atoms with E-state index < -0.39 is 0 Å². The van der Waals surface area contributed by atoms with Crippen molar-refractivity contribution in [1.29, 1.82) is 0 Å². The van der Waals surface area contributed by atoms with Gasteiger partial charge in [0.15, 0.2) is 0 Å². The third kappa shape index (κ3) is 5.64. The molecule has 2 amide bonds. The minimum absolute atomic E-state index is 0.144. The smallest absolute Gasteiger partial charge is 0.251 e. The molecule has 2 N–H and O–H groups in total. The summed E-state index contributed by atoms with van der Waals surface area (Å²) in [7, 11) is 1.58. The van der Waals surface area contributed by atoms with Crippen LogP contribution < -0.4 is 15.4 Å². The van der Waals surface area contributed by atoms with Gasteiger partial charge in [0.25, 0.3) is 5.91 Å². The number of hydrogen-bond acceptors (Lipinski definition) is 3. The molecule has 132 valence electrons. The first-order valence-corrected chi connectivity index (χ1v) is 8.29. The van der Waals surface area contributed by atoms with E-state index in [0.29, 0.717) is 29.5 Å². The zero-order valence-electron chi connectivity index (χ0n) is 14.8. The summed E-state index contributed by atoms with van der Waals surface area (Å²) < 4.78 is 5.26. The number of hydrogen-bond donors (Lipinski definition) is 2. The van der Waals surface area contributed by atoms with Crippen LogP contribution >= 0.6 is 0 Å². The van der Waals surface area contributed by atoms with Crippen LogP contribution in [0.1, 0.15) is 29.8 Å². The van der Waals surface area contributed by atoms with Crippen molar-refractivity contribution < 1.29 is 14.3 Å². The van der Waals surface area contributed by atoms with Crippen molar-refractivity contribution in [2.45, 2.75) is 20.3 Å². The zero-order chi connectivity index (χ0) is 18.2. The number of nitrogens with one attached hydrogen (secondary N) is 2. The van der Waals surface area contributed by atoms with Gasteiger partial charge in [-0.25, -0.2) is 0 Å². The van der Waals surface area contributed by atoms with E-state index in [-0.39, 0.29) is 18.2 Å². The first-order valence-electron chi connectivity index (χ1n) is 8.29. The highest BCUT2D eigenvalue weighted by Gasteiger charge is 2.10. The second-order valence-corrected chi connectivity index (χ2v) is 6.22. The summed E-state index contributed by atoms with van der Waals surface area (Å²) in [6, 6.07) is 14.3. The number of benzene rings is 2. The molecule has 0 spiro atoms. The van der Waals surface area contributed by atoms with E-state index in [1.165, 1.54) is 0 Å². The quantitative estimate of drug-likeness (QED) is 0.813. The Bertz CT molecular complexity index is 741. The van der Waals surface area contributed by atoms with Gasteiger partial charge in [0.05, 0.1) is 13.5 Å². The Morgan fingerprint density at radius 3 is 2.56 bits per heavy atom. The molecule has 5 heteroatoms. The second kappa shape index (κ2) is 8.87. The molecule has 25 heavy (non-hydrogen) atoms. The number of carbonyl (C=O) groups is 2. The molecule has 0 saturated carbocycles. The average Bonchev–Trinajstić information content (AvgIpc) is 2.60. The number of amides is 2. The molecule has 0 atom stereocenters. The lowest BCUT2D eigenvalue weighted by Crippen LogP contribution is -2.27. The maximum absolute atomic E-state index is 12.3. The number of anilines is 1. The molecule has 0 unspecified atom stereocenters. The van der Waals surface area contributed by atoms with Crippen LogP contribution in [-0.2, 0) is 11.2 Å². The zero-order valence-corrected chi connectivity index (χ0v) is 14.8. The molecule has 0 heterocycles. The normalized spacial score (nSPS) is 10.4. The van der Waals surface area contributed by atoms with Crippen LogP contribution in [0.5, 0.6) is 5.75 Å². The molecule has 0 aromatic heterocycles. The van der Waals surface area contributed by atoms with Crippen molar-refractivity contribution in [2.75, 3.05) is 19.0 Å². The molecule has 0 fully saturated rings. The highest BCUT2D eigenvalue weighted by atomic mass is 16.5. The molecule has 5 nitrogen and oxygen atoms in total. The Balaban J connectivity index is 2.01. The van der Waals surface area contributed by atoms with Crippen LogP contribution in [0.2, 0.25) is 0 Å². The standard InChI is InChI=1S/C20H24N2O3/c1-14(2)13-21-20(24)16-8-6-9-17(11-16)22-19(23)12-15-7-4-5-10-18(15)25-3/h4-11,14H,12-13H2,1-3H3,(H,21,24)(H,22,23). The van der Waals surface area contributed by atoms with Gasteiger partial charge < -0.3 is 15.4 Å². The Hall–Kier alpha value is -2.82. The first kappa shape index (κ1) is 18.5. The van der Waals surface area contributed by atoms with Crippen LogP contribution in [0.25, 0.3) is 0 Å². The largest absolute Gasteiger partial charge is 0.496 e. The predicted octanol–water partition coefficient (Wildman–Crippen LogP) is 3.26. The van der Waals surface area contributed by atoms with Crippen LogP contribution in [-0.4, -0.2) is 25.5 Å². The van der Waals surface area contributed by atoms with Gasteiger partial charge in [-0.1, -0.05) is 38.1 Å². The van der Waals surface area contributed by atoms with Gasteiger partial charge in [-0.2, -0.15) is 0 Å². The minimum Gasteiger partial charge on any atom is -0.496 e. The van der Waals surface area contributed by atoms with Crippen molar-refractivity contribution in [1.82, 2.24) is 5.32 Å². The van der Waals surface area contributed by atoms with Gasteiger partial charge in [-0.3, -0.25) is 9.59 Å². The third-order valence-corrected chi connectivity index (χ3v) is 3.62. The van der Waals surface area contributed by atoms with E-state index >= 15 is 0 Å². The van der Waals surface area contributed by atoms with E-state index in [4.69, 9.17) is 4.74 Å². The molecule has 0 saturated heterocycles. The number of carbonyl (C=O) groups excluding carboxylic acids is 2. The summed E-state index contributed by atoms with van der Waals surface area (Å²) in [6.07, 6.45) is 0.202. The highest BCUT2D eigenvalue weighted by molar-refractivity contribution is 5.97.